The van der Waals surface area contributed by atoms with Gasteiger partial charge in [0, 0.05) is 20.2 Å². The van der Waals surface area contributed by atoms with Crippen LogP contribution in [-0.4, -0.2) is 32.8 Å². The maximum Gasteiger partial charge on any atom is 0.205 e. The summed E-state index contributed by atoms with van der Waals surface area (Å²) in [4.78, 5) is 4.48. The molecule has 0 aromatic heterocycles. The monoisotopic (exact) mass is 228 g/mol. The molecule has 0 atom stereocenters. The normalized spacial score (nSPS) is 18.7. The molecule has 1 saturated carbocycles. The van der Waals surface area contributed by atoms with E-state index in [1.54, 1.807) is 7.11 Å². The Hall–Kier alpha value is -0.810. The molecular formula is C11H24N4O. The van der Waals surface area contributed by atoms with E-state index >= 15 is 0 Å². The summed E-state index contributed by atoms with van der Waals surface area (Å²) in [6.07, 6.45) is 2.56. The molecule has 0 aliphatic heterocycles. The highest BCUT2D eigenvalue weighted by Crippen LogP contribution is 2.51. The van der Waals surface area contributed by atoms with Crippen molar-refractivity contribution in [2.24, 2.45) is 22.2 Å². The summed E-state index contributed by atoms with van der Waals surface area (Å²) in [6.45, 7) is 6.74. The number of hydrogen-bond acceptors (Lipinski definition) is 3. The lowest BCUT2D eigenvalue weighted by atomic mass is 9.93. The van der Waals surface area contributed by atoms with Gasteiger partial charge >= 0.3 is 0 Å². The number of nitrogens with zero attached hydrogens (tertiary/aromatic N) is 1. The number of ether oxygens (including phenoxy) is 1. The molecule has 1 aliphatic carbocycles. The van der Waals surface area contributed by atoms with E-state index in [9.17, 15) is 0 Å². The van der Waals surface area contributed by atoms with Crippen LogP contribution in [0.2, 0.25) is 0 Å². The van der Waals surface area contributed by atoms with Crippen molar-refractivity contribution < 1.29 is 4.74 Å². The maximum atomic E-state index is 5.40. The van der Waals surface area contributed by atoms with Crippen LogP contribution in [0, 0.1) is 11.3 Å². The van der Waals surface area contributed by atoms with Crippen LogP contribution in [0.3, 0.4) is 0 Å². The molecule has 0 aromatic rings. The Kier molecular flexibility index (Phi) is 5.02. The molecule has 0 spiro atoms. The number of nitrogens with one attached hydrogen (secondary N) is 2. The molecule has 5 heteroatoms. The number of methoxy groups -OCH3 is 1. The summed E-state index contributed by atoms with van der Waals surface area (Å²) in [5, 5.41) is 3.10. The van der Waals surface area contributed by atoms with Crippen LogP contribution in [0.15, 0.2) is 4.99 Å². The third-order valence-electron chi connectivity index (χ3n) is 3.40. The van der Waals surface area contributed by atoms with Gasteiger partial charge in [-0.1, -0.05) is 13.8 Å². The number of guanidine groups is 1. The van der Waals surface area contributed by atoms with Gasteiger partial charge in [-0.15, -0.1) is 0 Å². The van der Waals surface area contributed by atoms with E-state index in [4.69, 9.17) is 10.6 Å². The van der Waals surface area contributed by atoms with Gasteiger partial charge in [0.25, 0.3) is 0 Å². The fourth-order valence-electron chi connectivity index (χ4n) is 1.74. The van der Waals surface area contributed by atoms with Crippen LogP contribution in [0.4, 0.5) is 0 Å². The molecule has 1 fully saturated rings. The van der Waals surface area contributed by atoms with E-state index in [1.165, 1.54) is 12.8 Å². The van der Waals surface area contributed by atoms with Crippen LogP contribution in [0.5, 0.6) is 0 Å². The van der Waals surface area contributed by atoms with E-state index in [-0.39, 0.29) is 0 Å². The minimum Gasteiger partial charge on any atom is -0.383 e. The molecule has 0 unspecified atom stereocenters. The molecule has 5 nitrogen and oxygen atoms in total. The number of nitrogens with two attached hydrogens (primary N) is 1. The zero-order valence-corrected chi connectivity index (χ0v) is 10.5. The third-order valence-corrected chi connectivity index (χ3v) is 3.40. The molecule has 1 aliphatic rings. The molecule has 0 aromatic carbocycles. The van der Waals surface area contributed by atoms with Crippen molar-refractivity contribution in [3.63, 3.8) is 0 Å². The molecule has 0 saturated heterocycles. The molecule has 0 radical (unpaired) electrons. The van der Waals surface area contributed by atoms with Crippen LogP contribution >= 0.6 is 0 Å². The quantitative estimate of drug-likeness (QED) is 0.203. The second kappa shape index (κ2) is 6.06. The zero-order chi connectivity index (χ0) is 12.0. The Morgan fingerprint density at radius 1 is 1.50 bits per heavy atom. The summed E-state index contributed by atoms with van der Waals surface area (Å²) < 4.78 is 4.95. The fraction of sp³-hybridized carbons (Fsp3) is 0.909. The summed E-state index contributed by atoms with van der Waals surface area (Å²) in [5.74, 6) is 6.74. The van der Waals surface area contributed by atoms with Crippen LogP contribution < -0.4 is 16.6 Å². The first-order valence-corrected chi connectivity index (χ1v) is 5.88. The summed E-state index contributed by atoms with van der Waals surface area (Å²) in [5.41, 5.74) is 3.01. The second-order valence-electron chi connectivity index (χ2n) is 4.75. The summed E-state index contributed by atoms with van der Waals surface area (Å²) in [7, 11) is 1.67. The predicted octanol–water partition coefficient (Wildman–Crippen LogP) is 0.478. The predicted molar refractivity (Wildman–Crippen MR) is 66.0 cm³/mol. The Labute approximate surface area is 97.8 Å². The van der Waals surface area contributed by atoms with E-state index in [0.717, 1.165) is 6.54 Å². The van der Waals surface area contributed by atoms with E-state index in [2.05, 4.69) is 29.6 Å². The van der Waals surface area contributed by atoms with Gasteiger partial charge in [0.05, 0.1) is 6.61 Å². The Morgan fingerprint density at radius 3 is 2.62 bits per heavy atom. The van der Waals surface area contributed by atoms with Crippen molar-refractivity contribution in [2.75, 3.05) is 26.8 Å². The largest absolute Gasteiger partial charge is 0.383 e. The number of rotatable bonds is 6. The van der Waals surface area contributed by atoms with Crippen LogP contribution in [0.1, 0.15) is 26.7 Å². The molecule has 94 valence electrons. The van der Waals surface area contributed by atoms with E-state index < -0.39 is 0 Å². The fourth-order valence-corrected chi connectivity index (χ4v) is 1.74. The van der Waals surface area contributed by atoms with Gasteiger partial charge in [0.1, 0.15) is 0 Å². The Morgan fingerprint density at radius 2 is 2.19 bits per heavy atom. The van der Waals surface area contributed by atoms with Gasteiger partial charge in [0.15, 0.2) is 0 Å². The molecule has 0 heterocycles. The first kappa shape index (κ1) is 13.3. The lowest BCUT2D eigenvalue weighted by Crippen LogP contribution is -2.43. The van der Waals surface area contributed by atoms with Crippen LogP contribution in [0.25, 0.3) is 0 Å². The lowest BCUT2D eigenvalue weighted by Gasteiger charge is -2.17. The van der Waals surface area contributed by atoms with Crippen molar-refractivity contribution in [1.29, 1.82) is 0 Å². The van der Waals surface area contributed by atoms with Gasteiger partial charge in [0.2, 0.25) is 5.96 Å². The average Bonchev–Trinajstić information content (AvgIpc) is 3.04. The highest BCUT2D eigenvalue weighted by molar-refractivity contribution is 5.79. The zero-order valence-electron chi connectivity index (χ0n) is 10.5. The topological polar surface area (TPSA) is 71.7 Å². The van der Waals surface area contributed by atoms with Gasteiger partial charge < -0.3 is 10.1 Å². The molecule has 0 amide bonds. The van der Waals surface area contributed by atoms with Gasteiger partial charge in [-0.25, -0.2) is 5.84 Å². The highest BCUT2D eigenvalue weighted by Gasteiger charge is 2.45. The van der Waals surface area contributed by atoms with E-state index in [0.29, 0.717) is 30.4 Å². The Bertz CT molecular complexity index is 236. The molecule has 4 N–H and O–H groups in total. The second-order valence-corrected chi connectivity index (χ2v) is 4.75. The molecule has 1 rings (SSSR count). The Balaban J connectivity index is 2.35. The average molecular weight is 228 g/mol. The number of hydrogen-bond donors (Lipinski definition) is 3. The van der Waals surface area contributed by atoms with Gasteiger partial charge in [-0.2, -0.15) is 0 Å². The minimum absolute atomic E-state index is 0.422. The smallest absolute Gasteiger partial charge is 0.205 e. The summed E-state index contributed by atoms with van der Waals surface area (Å²) in [6, 6.07) is 0. The first-order chi connectivity index (χ1) is 7.64. The molecule has 16 heavy (non-hydrogen) atoms. The third kappa shape index (κ3) is 3.64. The lowest BCUT2D eigenvalue weighted by molar-refractivity contribution is 0.203. The SMILES string of the molecule is COCCNC(=NCC1(C(C)C)CC1)NN. The van der Waals surface area contributed by atoms with Gasteiger partial charge in [-0.05, 0) is 24.2 Å². The number of aliphatic imine (C=N–C) groups is 1. The van der Waals surface area contributed by atoms with Crippen molar-refractivity contribution in [1.82, 2.24) is 10.7 Å². The molecular weight excluding hydrogens is 204 g/mol. The van der Waals surface area contributed by atoms with Crippen molar-refractivity contribution in [3.05, 3.63) is 0 Å². The number of hydrazine groups is 1. The molecule has 0 bridgehead atoms. The van der Waals surface area contributed by atoms with Crippen molar-refractivity contribution in [2.45, 2.75) is 26.7 Å². The maximum absolute atomic E-state index is 5.40. The minimum atomic E-state index is 0.422. The first-order valence-electron chi connectivity index (χ1n) is 5.88. The van der Waals surface area contributed by atoms with Crippen LogP contribution in [-0.2, 0) is 4.74 Å². The van der Waals surface area contributed by atoms with Crippen molar-refractivity contribution in [3.8, 4) is 0 Å². The summed E-state index contributed by atoms with van der Waals surface area (Å²) >= 11 is 0. The van der Waals surface area contributed by atoms with E-state index in [1.807, 2.05) is 0 Å². The standard InChI is InChI=1S/C11H24N4O/c1-9(2)11(4-5-11)8-14-10(15-12)13-6-7-16-3/h9H,4-8,12H2,1-3H3,(H2,13,14,15). The highest BCUT2D eigenvalue weighted by atomic mass is 16.5. The van der Waals surface area contributed by atoms with Crippen molar-refractivity contribution >= 4 is 5.96 Å². The van der Waals surface area contributed by atoms with Gasteiger partial charge in [-0.3, -0.25) is 10.4 Å².